The summed E-state index contributed by atoms with van der Waals surface area (Å²) in [7, 11) is 1.54. The van der Waals surface area contributed by atoms with Crippen LogP contribution in [0, 0.1) is 10.1 Å². The number of hydrogen-bond donors (Lipinski definition) is 2. The van der Waals surface area contributed by atoms with Crippen molar-refractivity contribution < 1.29 is 24.0 Å². The Hall–Kier alpha value is -3.46. The minimum Gasteiger partial charge on any atom is -0.481 e. The number of nitro groups is 1. The fourth-order valence-corrected chi connectivity index (χ4v) is 2.25. The summed E-state index contributed by atoms with van der Waals surface area (Å²) in [6.45, 7) is 2.34. The highest BCUT2D eigenvalue weighted by atomic mass is 16.6. The molecule has 0 bridgehead atoms. The SMILES string of the molecule is COCCNC(=O)c1cccc(NC(=O)C(C)Oc2ccc([N+](=O)[O-])cc2)c1. The molecule has 28 heavy (non-hydrogen) atoms. The minimum absolute atomic E-state index is 0.0648. The van der Waals surface area contributed by atoms with Gasteiger partial charge >= 0.3 is 0 Å². The second kappa shape index (κ2) is 10.0. The molecular formula is C19H21N3O6. The molecule has 9 nitrogen and oxygen atoms in total. The van der Waals surface area contributed by atoms with Gasteiger partial charge < -0.3 is 20.1 Å². The first kappa shape index (κ1) is 20.8. The van der Waals surface area contributed by atoms with Gasteiger partial charge in [0.2, 0.25) is 0 Å². The van der Waals surface area contributed by atoms with Gasteiger partial charge in [-0.25, -0.2) is 0 Å². The average molecular weight is 387 g/mol. The van der Waals surface area contributed by atoms with Crippen LogP contribution >= 0.6 is 0 Å². The van der Waals surface area contributed by atoms with Crippen LogP contribution in [0.5, 0.6) is 5.75 Å². The Balaban J connectivity index is 1.95. The Bertz CT molecular complexity index is 838. The second-order valence-electron chi connectivity index (χ2n) is 5.83. The van der Waals surface area contributed by atoms with Crippen molar-refractivity contribution in [2.24, 2.45) is 0 Å². The first-order valence-corrected chi connectivity index (χ1v) is 8.50. The van der Waals surface area contributed by atoms with Gasteiger partial charge in [0, 0.05) is 37.0 Å². The zero-order valence-electron chi connectivity index (χ0n) is 15.5. The van der Waals surface area contributed by atoms with Crippen molar-refractivity contribution in [1.82, 2.24) is 5.32 Å². The number of methoxy groups -OCH3 is 1. The van der Waals surface area contributed by atoms with E-state index in [1.165, 1.54) is 24.3 Å². The molecule has 0 heterocycles. The quantitative estimate of drug-likeness (QED) is 0.387. The summed E-state index contributed by atoms with van der Waals surface area (Å²) >= 11 is 0. The molecule has 0 saturated carbocycles. The zero-order chi connectivity index (χ0) is 20.5. The van der Waals surface area contributed by atoms with E-state index in [4.69, 9.17) is 9.47 Å². The summed E-state index contributed by atoms with van der Waals surface area (Å²) in [4.78, 5) is 34.5. The Morgan fingerprint density at radius 3 is 2.54 bits per heavy atom. The summed E-state index contributed by atoms with van der Waals surface area (Å²) in [5, 5.41) is 16.0. The number of hydrogen-bond acceptors (Lipinski definition) is 6. The number of carbonyl (C=O) groups excluding carboxylic acids is 2. The molecule has 2 amide bonds. The lowest BCUT2D eigenvalue weighted by atomic mass is 10.2. The molecule has 0 saturated heterocycles. The van der Waals surface area contributed by atoms with Crippen LogP contribution in [0.3, 0.4) is 0 Å². The summed E-state index contributed by atoms with van der Waals surface area (Å²) in [6.07, 6.45) is -0.847. The third-order valence-corrected chi connectivity index (χ3v) is 3.71. The van der Waals surface area contributed by atoms with Crippen LogP contribution in [-0.2, 0) is 9.53 Å². The van der Waals surface area contributed by atoms with Gasteiger partial charge in [0.1, 0.15) is 5.75 Å². The number of nitro benzene ring substituents is 1. The molecule has 0 aliphatic rings. The Labute approximate surface area is 161 Å². The van der Waals surface area contributed by atoms with Crippen LogP contribution in [0.4, 0.5) is 11.4 Å². The maximum Gasteiger partial charge on any atom is 0.269 e. The fourth-order valence-electron chi connectivity index (χ4n) is 2.25. The maximum absolute atomic E-state index is 12.3. The highest BCUT2D eigenvalue weighted by Crippen LogP contribution is 2.19. The van der Waals surface area contributed by atoms with Gasteiger partial charge in [-0.3, -0.25) is 19.7 Å². The zero-order valence-corrected chi connectivity index (χ0v) is 15.5. The molecule has 0 spiro atoms. The Morgan fingerprint density at radius 1 is 1.18 bits per heavy atom. The largest absolute Gasteiger partial charge is 0.481 e. The number of non-ortho nitro benzene ring substituents is 1. The van der Waals surface area contributed by atoms with Gasteiger partial charge in [-0.05, 0) is 37.3 Å². The topological polar surface area (TPSA) is 120 Å². The molecule has 0 radical (unpaired) electrons. The predicted octanol–water partition coefficient (Wildman–Crippen LogP) is 2.38. The van der Waals surface area contributed by atoms with Crippen molar-refractivity contribution >= 4 is 23.2 Å². The van der Waals surface area contributed by atoms with E-state index in [1.54, 1.807) is 38.3 Å². The summed E-state index contributed by atoms with van der Waals surface area (Å²) in [5.41, 5.74) is 0.784. The Morgan fingerprint density at radius 2 is 1.89 bits per heavy atom. The van der Waals surface area contributed by atoms with Crippen molar-refractivity contribution in [2.45, 2.75) is 13.0 Å². The predicted molar refractivity (Wildman–Crippen MR) is 102 cm³/mol. The van der Waals surface area contributed by atoms with Crippen LogP contribution in [0.2, 0.25) is 0 Å². The highest BCUT2D eigenvalue weighted by Gasteiger charge is 2.16. The molecule has 1 unspecified atom stereocenters. The normalized spacial score (nSPS) is 11.4. The molecule has 2 aromatic rings. The monoisotopic (exact) mass is 387 g/mol. The smallest absolute Gasteiger partial charge is 0.269 e. The lowest BCUT2D eigenvalue weighted by molar-refractivity contribution is -0.384. The lowest BCUT2D eigenvalue weighted by Gasteiger charge is -2.15. The molecule has 9 heteroatoms. The highest BCUT2D eigenvalue weighted by molar-refractivity contribution is 5.98. The fraction of sp³-hybridized carbons (Fsp3) is 0.263. The van der Waals surface area contributed by atoms with Crippen LogP contribution in [0.25, 0.3) is 0 Å². The van der Waals surface area contributed by atoms with E-state index in [-0.39, 0.29) is 11.6 Å². The van der Waals surface area contributed by atoms with Gasteiger partial charge in [-0.1, -0.05) is 6.07 Å². The first-order valence-electron chi connectivity index (χ1n) is 8.50. The van der Waals surface area contributed by atoms with Crippen molar-refractivity contribution in [2.75, 3.05) is 25.6 Å². The van der Waals surface area contributed by atoms with Crippen LogP contribution in [-0.4, -0.2) is 43.1 Å². The molecule has 0 aliphatic carbocycles. The van der Waals surface area contributed by atoms with E-state index < -0.39 is 16.9 Å². The standard InChI is InChI=1S/C19H21N3O6/c1-13(28-17-8-6-16(7-9-17)22(25)26)18(23)21-15-5-3-4-14(12-15)19(24)20-10-11-27-2/h3-9,12-13H,10-11H2,1-2H3,(H,20,24)(H,21,23). The van der Waals surface area contributed by atoms with Crippen molar-refractivity contribution in [1.29, 1.82) is 0 Å². The number of ether oxygens (including phenoxy) is 2. The summed E-state index contributed by atoms with van der Waals surface area (Å²) in [6, 6.07) is 11.9. The van der Waals surface area contributed by atoms with E-state index in [0.717, 1.165) is 0 Å². The van der Waals surface area contributed by atoms with E-state index in [2.05, 4.69) is 10.6 Å². The molecule has 0 aromatic heterocycles. The number of nitrogens with zero attached hydrogens (tertiary/aromatic N) is 1. The lowest BCUT2D eigenvalue weighted by Crippen LogP contribution is -2.30. The minimum atomic E-state index is -0.847. The van der Waals surface area contributed by atoms with Crippen molar-refractivity contribution in [3.63, 3.8) is 0 Å². The second-order valence-corrected chi connectivity index (χ2v) is 5.83. The number of nitrogens with one attached hydrogen (secondary N) is 2. The maximum atomic E-state index is 12.3. The molecule has 1 atom stereocenters. The summed E-state index contributed by atoms with van der Waals surface area (Å²) in [5.74, 6) is -0.363. The van der Waals surface area contributed by atoms with Crippen LogP contribution < -0.4 is 15.4 Å². The van der Waals surface area contributed by atoms with Gasteiger partial charge in [0.25, 0.3) is 17.5 Å². The number of anilines is 1. The summed E-state index contributed by atoms with van der Waals surface area (Å²) < 4.78 is 10.4. The number of rotatable bonds is 9. The van der Waals surface area contributed by atoms with Crippen LogP contribution in [0.15, 0.2) is 48.5 Å². The number of carbonyl (C=O) groups is 2. The van der Waals surface area contributed by atoms with E-state index in [9.17, 15) is 19.7 Å². The third-order valence-electron chi connectivity index (χ3n) is 3.71. The molecule has 2 rings (SSSR count). The van der Waals surface area contributed by atoms with Gasteiger partial charge in [0.05, 0.1) is 11.5 Å². The van der Waals surface area contributed by atoms with Gasteiger partial charge in [-0.15, -0.1) is 0 Å². The molecule has 0 fully saturated rings. The number of amides is 2. The van der Waals surface area contributed by atoms with Crippen LogP contribution in [0.1, 0.15) is 17.3 Å². The van der Waals surface area contributed by atoms with Crippen molar-refractivity contribution in [3.05, 3.63) is 64.2 Å². The van der Waals surface area contributed by atoms with E-state index in [0.29, 0.717) is 30.2 Å². The molecule has 2 N–H and O–H groups in total. The molecular weight excluding hydrogens is 366 g/mol. The first-order chi connectivity index (χ1) is 13.4. The van der Waals surface area contributed by atoms with Crippen molar-refractivity contribution in [3.8, 4) is 5.75 Å². The van der Waals surface area contributed by atoms with Gasteiger partial charge in [-0.2, -0.15) is 0 Å². The van der Waals surface area contributed by atoms with E-state index in [1.807, 2.05) is 0 Å². The molecule has 148 valence electrons. The molecule has 0 aliphatic heterocycles. The average Bonchev–Trinajstić information content (AvgIpc) is 2.68. The molecule has 2 aromatic carbocycles. The van der Waals surface area contributed by atoms with Gasteiger partial charge in [0.15, 0.2) is 6.10 Å². The third kappa shape index (κ3) is 6.06. The Kier molecular flexibility index (Phi) is 7.46. The number of benzene rings is 2. The van der Waals surface area contributed by atoms with E-state index >= 15 is 0 Å².